The third-order valence-corrected chi connectivity index (χ3v) is 4.64. The number of carbonyl (C=O) groups excluding carboxylic acids is 2. The predicted molar refractivity (Wildman–Crippen MR) is 106 cm³/mol. The highest BCUT2D eigenvalue weighted by molar-refractivity contribution is 6.02. The van der Waals surface area contributed by atoms with Gasteiger partial charge in [0.2, 0.25) is 0 Å². The summed E-state index contributed by atoms with van der Waals surface area (Å²) in [5.41, 5.74) is 2.06. The van der Waals surface area contributed by atoms with Crippen molar-refractivity contribution in [1.29, 1.82) is 0 Å². The number of benzene rings is 1. The van der Waals surface area contributed by atoms with Crippen LogP contribution in [0.25, 0.3) is 16.6 Å². The Morgan fingerprint density at radius 3 is 2.45 bits per heavy atom. The first-order valence-corrected chi connectivity index (χ1v) is 9.20. The van der Waals surface area contributed by atoms with Crippen LogP contribution in [0.4, 0.5) is 0 Å². The van der Waals surface area contributed by atoms with E-state index in [1.54, 1.807) is 39.0 Å². The molecule has 0 saturated carbocycles. The highest BCUT2D eigenvalue weighted by Crippen LogP contribution is 2.25. The van der Waals surface area contributed by atoms with Crippen molar-refractivity contribution < 1.29 is 19.1 Å². The molecule has 0 spiro atoms. The molecule has 0 bridgehead atoms. The smallest absolute Gasteiger partial charge is 0.359 e. The van der Waals surface area contributed by atoms with E-state index in [0.29, 0.717) is 22.3 Å². The monoisotopic (exact) mass is 398 g/mol. The van der Waals surface area contributed by atoms with E-state index >= 15 is 0 Å². The molecule has 0 aliphatic carbocycles. The summed E-state index contributed by atoms with van der Waals surface area (Å²) in [5.74, 6) is -1.11. The molecular weight excluding hydrogens is 376 g/mol. The van der Waals surface area contributed by atoms with Crippen molar-refractivity contribution in [2.45, 2.75) is 34.2 Å². The van der Waals surface area contributed by atoms with Crippen LogP contribution in [0, 0.1) is 13.8 Å². The fourth-order valence-electron chi connectivity index (χ4n) is 3.15. The lowest BCUT2D eigenvalue weighted by Gasteiger charge is -2.10. The van der Waals surface area contributed by atoms with Gasteiger partial charge in [-0.15, -0.1) is 0 Å². The van der Waals surface area contributed by atoms with Gasteiger partial charge in [-0.3, -0.25) is 4.79 Å². The van der Waals surface area contributed by atoms with E-state index in [-0.39, 0.29) is 24.4 Å². The summed E-state index contributed by atoms with van der Waals surface area (Å²) >= 11 is 0. The quantitative estimate of drug-likeness (QED) is 0.607. The highest BCUT2D eigenvalue weighted by Gasteiger charge is 2.24. The van der Waals surface area contributed by atoms with Crippen molar-refractivity contribution in [3.8, 4) is 5.69 Å². The molecule has 2 aromatic heterocycles. The number of methoxy groups -OCH3 is 1. The molecule has 152 valence electrons. The summed E-state index contributed by atoms with van der Waals surface area (Å²) in [6.07, 6.45) is 0. The van der Waals surface area contributed by atoms with Crippen molar-refractivity contribution in [2.24, 2.45) is 0 Å². The van der Waals surface area contributed by atoms with Crippen molar-refractivity contribution >= 4 is 22.8 Å². The lowest BCUT2D eigenvalue weighted by atomic mass is 10.1. The zero-order valence-electron chi connectivity index (χ0n) is 17.0. The maximum Gasteiger partial charge on any atom is 0.359 e. The molecule has 0 atom stereocenters. The normalized spacial score (nSPS) is 10.9. The summed E-state index contributed by atoms with van der Waals surface area (Å²) in [6.45, 7) is 7.51. The number of rotatable bonds is 5. The summed E-state index contributed by atoms with van der Waals surface area (Å²) in [5, 5.41) is 8.99. The number of nitrogens with zero attached hydrogens (tertiary/aromatic N) is 4. The summed E-state index contributed by atoms with van der Waals surface area (Å²) < 4.78 is 12.6. The fourth-order valence-corrected chi connectivity index (χ4v) is 3.15. The lowest BCUT2D eigenvalue weighted by Crippen LogP contribution is -2.26. The van der Waals surface area contributed by atoms with Gasteiger partial charge in [-0.2, -0.15) is 10.2 Å². The number of aryl methyl sites for hydroxylation is 3. The average Bonchev–Trinajstić information content (AvgIpc) is 3.06. The maximum absolute atomic E-state index is 12.8. The van der Waals surface area contributed by atoms with Crippen molar-refractivity contribution in [3.05, 3.63) is 51.1 Å². The van der Waals surface area contributed by atoms with Crippen LogP contribution >= 0.6 is 0 Å². The Balaban J connectivity index is 2.35. The van der Waals surface area contributed by atoms with Gasteiger partial charge >= 0.3 is 11.9 Å². The standard InChI is InChI=1S/C20H22N4O5/c1-6-23-18(25)16-15(17(21-23)20(27)29-7-2)12(4)24(22-16)14-10-13(19(26)28-5)9-8-11(14)3/h8-10H,6-7H2,1-5H3. The molecule has 0 fully saturated rings. The minimum absolute atomic E-state index is 0.0359. The molecule has 0 N–H and O–H groups in total. The third-order valence-electron chi connectivity index (χ3n) is 4.64. The minimum Gasteiger partial charge on any atom is -0.465 e. The number of ether oxygens (including phenoxy) is 2. The van der Waals surface area contributed by atoms with Crippen LogP contribution in [0.1, 0.15) is 46.0 Å². The van der Waals surface area contributed by atoms with Gasteiger partial charge in [0, 0.05) is 6.54 Å². The predicted octanol–water partition coefficient (Wildman–Crippen LogP) is 2.18. The number of hydrogen-bond donors (Lipinski definition) is 0. The number of fused-ring (bicyclic) bond motifs is 1. The van der Waals surface area contributed by atoms with Crippen molar-refractivity contribution in [3.63, 3.8) is 0 Å². The molecule has 2 heterocycles. The summed E-state index contributed by atoms with van der Waals surface area (Å²) in [7, 11) is 1.31. The van der Waals surface area contributed by atoms with Gasteiger partial charge in [-0.25, -0.2) is 19.0 Å². The van der Waals surface area contributed by atoms with E-state index in [0.717, 1.165) is 5.56 Å². The van der Waals surface area contributed by atoms with Crippen LogP contribution in [0.5, 0.6) is 0 Å². The SMILES string of the molecule is CCOC(=O)c1nn(CC)c(=O)c2nn(-c3cc(C(=O)OC)ccc3C)c(C)c12. The first-order chi connectivity index (χ1) is 13.8. The Hall–Kier alpha value is -3.49. The zero-order chi connectivity index (χ0) is 21.3. The molecular formula is C20H22N4O5. The first-order valence-electron chi connectivity index (χ1n) is 9.20. The summed E-state index contributed by atoms with van der Waals surface area (Å²) in [6, 6.07) is 5.05. The second kappa shape index (κ2) is 7.86. The molecule has 3 aromatic rings. The Labute approximate surface area is 166 Å². The Morgan fingerprint density at radius 2 is 1.83 bits per heavy atom. The molecule has 29 heavy (non-hydrogen) atoms. The molecule has 9 nitrogen and oxygen atoms in total. The zero-order valence-corrected chi connectivity index (χ0v) is 17.0. The molecule has 0 unspecified atom stereocenters. The van der Waals surface area contributed by atoms with E-state index in [4.69, 9.17) is 9.47 Å². The maximum atomic E-state index is 12.8. The van der Waals surface area contributed by atoms with Gasteiger partial charge in [0.25, 0.3) is 5.56 Å². The Morgan fingerprint density at radius 1 is 1.10 bits per heavy atom. The Bertz CT molecular complexity index is 1180. The fraction of sp³-hybridized carbons (Fsp3) is 0.350. The van der Waals surface area contributed by atoms with E-state index in [1.807, 2.05) is 6.92 Å². The molecule has 1 aromatic carbocycles. The molecule has 3 rings (SSSR count). The molecule has 0 aliphatic heterocycles. The number of esters is 2. The number of hydrogen-bond acceptors (Lipinski definition) is 7. The average molecular weight is 398 g/mol. The second-order valence-corrected chi connectivity index (χ2v) is 6.40. The van der Waals surface area contributed by atoms with Crippen LogP contribution in [-0.4, -0.2) is 45.2 Å². The van der Waals surface area contributed by atoms with E-state index in [2.05, 4.69) is 10.2 Å². The topological polar surface area (TPSA) is 105 Å². The lowest BCUT2D eigenvalue weighted by molar-refractivity contribution is 0.0518. The van der Waals surface area contributed by atoms with Gasteiger partial charge in [0.05, 0.1) is 36.0 Å². The van der Waals surface area contributed by atoms with Gasteiger partial charge in [-0.05, 0) is 45.4 Å². The molecule has 9 heteroatoms. The van der Waals surface area contributed by atoms with Crippen LogP contribution in [0.15, 0.2) is 23.0 Å². The van der Waals surface area contributed by atoms with Gasteiger partial charge in [0.1, 0.15) is 0 Å². The Kier molecular flexibility index (Phi) is 5.49. The van der Waals surface area contributed by atoms with Gasteiger partial charge < -0.3 is 9.47 Å². The van der Waals surface area contributed by atoms with Crippen LogP contribution < -0.4 is 5.56 Å². The van der Waals surface area contributed by atoms with Crippen molar-refractivity contribution in [2.75, 3.05) is 13.7 Å². The summed E-state index contributed by atoms with van der Waals surface area (Å²) in [4.78, 5) is 37.2. The van der Waals surface area contributed by atoms with E-state index in [9.17, 15) is 14.4 Å². The highest BCUT2D eigenvalue weighted by atomic mass is 16.5. The third kappa shape index (κ3) is 3.39. The molecule has 0 aliphatic rings. The van der Waals surface area contributed by atoms with Gasteiger partial charge in [0.15, 0.2) is 11.2 Å². The van der Waals surface area contributed by atoms with Crippen molar-refractivity contribution in [1.82, 2.24) is 19.6 Å². The van der Waals surface area contributed by atoms with E-state index < -0.39 is 17.5 Å². The number of aromatic nitrogens is 4. The largest absolute Gasteiger partial charge is 0.465 e. The number of carbonyl (C=O) groups is 2. The molecule has 0 radical (unpaired) electrons. The molecule has 0 saturated heterocycles. The first kappa shape index (κ1) is 20.2. The van der Waals surface area contributed by atoms with Crippen LogP contribution in [-0.2, 0) is 16.0 Å². The van der Waals surface area contributed by atoms with E-state index in [1.165, 1.54) is 16.5 Å². The second-order valence-electron chi connectivity index (χ2n) is 6.40. The van der Waals surface area contributed by atoms with Crippen LogP contribution in [0.2, 0.25) is 0 Å². The minimum atomic E-state index is -0.623. The molecule has 0 amide bonds. The van der Waals surface area contributed by atoms with Crippen LogP contribution in [0.3, 0.4) is 0 Å². The van der Waals surface area contributed by atoms with Gasteiger partial charge in [-0.1, -0.05) is 6.07 Å².